The van der Waals surface area contributed by atoms with Gasteiger partial charge in [-0.15, -0.1) is 0 Å². The van der Waals surface area contributed by atoms with E-state index in [2.05, 4.69) is 41.4 Å². The Bertz CT molecular complexity index is 708. The second-order valence-corrected chi connectivity index (χ2v) is 5.74. The molecule has 0 aromatic carbocycles. The van der Waals surface area contributed by atoms with Crippen LogP contribution in [0.5, 0.6) is 0 Å². The van der Waals surface area contributed by atoms with Gasteiger partial charge in [0.05, 0.1) is 11.1 Å². The Morgan fingerprint density at radius 3 is 2.20 bits per heavy atom. The second-order valence-electron chi connectivity index (χ2n) is 5.74. The third-order valence-corrected chi connectivity index (χ3v) is 3.93. The Labute approximate surface area is 146 Å². The lowest BCUT2D eigenvalue weighted by molar-refractivity contribution is -0.123. The number of amides is 1. The summed E-state index contributed by atoms with van der Waals surface area (Å²) >= 11 is 0. The molecule has 1 amide bonds. The summed E-state index contributed by atoms with van der Waals surface area (Å²) < 4.78 is 0. The van der Waals surface area contributed by atoms with Gasteiger partial charge in [0.2, 0.25) is 17.8 Å². The first-order valence-corrected chi connectivity index (χ1v) is 8.39. The largest absolute Gasteiger partial charge is 0.354 e. The predicted octanol–water partition coefficient (Wildman–Crippen LogP) is 1.31. The summed E-state index contributed by atoms with van der Waals surface area (Å²) in [5.41, 5.74) is 5.71. The van der Waals surface area contributed by atoms with Crippen LogP contribution in [0, 0.1) is 0 Å². The summed E-state index contributed by atoms with van der Waals surface area (Å²) in [6.07, 6.45) is 3.26. The smallest absolute Gasteiger partial charge is 0.250 e. The normalized spacial score (nSPS) is 14.5. The number of hydrogen-bond donors (Lipinski definition) is 4. The van der Waals surface area contributed by atoms with Crippen molar-refractivity contribution >= 4 is 23.8 Å². The molecule has 0 spiro atoms. The average Bonchev–Trinajstić information content (AvgIpc) is 3.43. The van der Waals surface area contributed by atoms with Crippen LogP contribution in [0.25, 0.3) is 0 Å². The fraction of sp³-hybridized carbons (Fsp3) is 0.438. The van der Waals surface area contributed by atoms with Gasteiger partial charge in [0, 0.05) is 19.3 Å². The molecule has 25 heavy (non-hydrogen) atoms. The maximum atomic E-state index is 12.6. The van der Waals surface area contributed by atoms with Crippen molar-refractivity contribution < 1.29 is 4.79 Å². The molecule has 9 heteroatoms. The molecule has 0 atom stereocenters. The number of rotatable bonds is 8. The molecule has 0 saturated heterocycles. The van der Waals surface area contributed by atoms with Crippen LogP contribution < -0.4 is 21.5 Å². The topological polar surface area (TPSA) is 117 Å². The lowest BCUT2D eigenvalue weighted by Gasteiger charge is -2.15. The van der Waals surface area contributed by atoms with E-state index in [1.165, 1.54) is 0 Å². The average molecular weight is 342 g/mol. The van der Waals surface area contributed by atoms with Crippen LogP contribution in [0.3, 0.4) is 0 Å². The fourth-order valence-corrected chi connectivity index (χ4v) is 2.51. The molecule has 2 aromatic heterocycles. The minimum atomic E-state index is -0.559. The lowest BCUT2D eigenvalue weighted by atomic mass is 10.0. The van der Waals surface area contributed by atoms with E-state index in [0.717, 1.165) is 18.5 Å². The van der Waals surface area contributed by atoms with Gasteiger partial charge in [-0.05, 0) is 38.8 Å². The lowest BCUT2D eigenvalue weighted by Crippen LogP contribution is -2.39. The number of carbonyl (C=O) groups excluding carboxylic acids is 1. The first-order chi connectivity index (χ1) is 12.2. The van der Waals surface area contributed by atoms with Gasteiger partial charge < -0.3 is 10.6 Å². The summed E-state index contributed by atoms with van der Waals surface area (Å²) in [6.45, 7) is 5.28. The van der Waals surface area contributed by atoms with E-state index in [-0.39, 0.29) is 11.9 Å². The van der Waals surface area contributed by atoms with Crippen LogP contribution in [0.2, 0.25) is 0 Å². The van der Waals surface area contributed by atoms with E-state index in [9.17, 15) is 4.79 Å². The second kappa shape index (κ2) is 7.29. The Kier molecular flexibility index (Phi) is 4.92. The van der Waals surface area contributed by atoms with Gasteiger partial charge in [-0.2, -0.15) is 15.0 Å². The molecule has 1 aliphatic rings. The molecule has 2 aromatic rings. The molecule has 1 aliphatic carbocycles. The summed E-state index contributed by atoms with van der Waals surface area (Å²) in [5.74, 6) is 1.01. The zero-order valence-electron chi connectivity index (χ0n) is 14.3. The standard InChI is InChI=1S/C16H22N8O/c1-3-17-13-20-14(18-4-2)22-15(21-13)24-23-12(25)16(8-9-16)11-7-5-6-10-19-11/h5-7,10H,3-4,8-9H2,1-2H3,(H,23,25)(H3,17,18,20,21,22,24). The summed E-state index contributed by atoms with van der Waals surface area (Å²) in [4.78, 5) is 29.6. The van der Waals surface area contributed by atoms with Crippen LogP contribution >= 0.6 is 0 Å². The van der Waals surface area contributed by atoms with Gasteiger partial charge in [-0.3, -0.25) is 20.6 Å². The highest BCUT2D eigenvalue weighted by Gasteiger charge is 2.52. The maximum absolute atomic E-state index is 12.6. The molecule has 0 aliphatic heterocycles. The third-order valence-electron chi connectivity index (χ3n) is 3.93. The van der Waals surface area contributed by atoms with Crippen molar-refractivity contribution in [2.75, 3.05) is 29.1 Å². The molecule has 132 valence electrons. The van der Waals surface area contributed by atoms with Crippen LogP contribution in [0.1, 0.15) is 32.4 Å². The van der Waals surface area contributed by atoms with Crippen molar-refractivity contribution in [1.29, 1.82) is 0 Å². The molecule has 1 saturated carbocycles. The number of aromatic nitrogens is 4. The first-order valence-electron chi connectivity index (χ1n) is 8.39. The number of pyridine rings is 1. The summed E-state index contributed by atoms with van der Waals surface area (Å²) in [6, 6.07) is 5.60. The van der Waals surface area contributed by atoms with Gasteiger partial charge in [0.1, 0.15) is 0 Å². The van der Waals surface area contributed by atoms with E-state index in [4.69, 9.17) is 0 Å². The molecule has 1 fully saturated rings. The van der Waals surface area contributed by atoms with Crippen molar-refractivity contribution in [1.82, 2.24) is 25.4 Å². The van der Waals surface area contributed by atoms with Gasteiger partial charge in [0.15, 0.2) is 0 Å². The molecule has 0 unspecified atom stereocenters. The quantitative estimate of drug-likeness (QED) is 0.531. The van der Waals surface area contributed by atoms with Gasteiger partial charge in [0.25, 0.3) is 5.91 Å². The summed E-state index contributed by atoms with van der Waals surface area (Å²) in [7, 11) is 0. The van der Waals surface area contributed by atoms with Crippen molar-refractivity contribution in [3.8, 4) is 0 Å². The van der Waals surface area contributed by atoms with E-state index >= 15 is 0 Å². The maximum Gasteiger partial charge on any atom is 0.250 e. The highest BCUT2D eigenvalue weighted by Crippen LogP contribution is 2.47. The Hall–Kier alpha value is -2.97. The highest BCUT2D eigenvalue weighted by atomic mass is 16.2. The van der Waals surface area contributed by atoms with Crippen LogP contribution in [-0.4, -0.2) is 38.9 Å². The molecule has 0 bridgehead atoms. The number of hydrogen-bond acceptors (Lipinski definition) is 8. The molecule has 4 N–H and O–H groups in total. The molecule has 9 nitrogen and oxygen atoms in total. The van der Waals surface area contributed by atoms with Gasteiger partial charge in [-0.1, -0.05) is 6.07 Å². The third kappa shape index (κ3) is 3.76. The highest BCUT2D eigenvalue weighted by molar-refractivity contribution is 5.91. The number of anilines is 3. The number of hydrazine groups is 1. The van der Waals surface area contributed by atoms with Gasteiger partial charge >= 0.3 is 0 Å². The molecule has 2 heterocycles. The van der Waals surface area contributed by atoms with Crippen molar-refractivity contribution in [2.45, 2.75) is 32.1 Å². The van der Waals surface area contributed by atoms with Gasteiger partial charge in [-0.25, -0.2) is 0 Å². The van der Waals surface area contributed by atoms with E-state index in [1.807, 2.05) is 32.0 Å². The predicted molar refractivity (Wildman–Crippen MR) is 95.1 cm³/mol. The first kappa shape index (κ1) is 16.9. The molecule has 0 radical (unpaired) electrons. The summed E-state index contributed by atoms with van der Waals surface area (Å²) in [5, 5.41) is 6.08. The van der Waals surface area contributed by atoms with Crippen LogP contribution in [-0.2, 0) is 10.2 Å². The van der Waals surface area contributed by atoms with E-state index in [1.54, 1.807) is 6.20 Å². The zero-order valence-corrected chi connectivity index (χ0v) is 14.3. The van der Waals surface area contributed by atoms with Crippen LogP contribution in [0.4, 0.5) is 17.8 Å². The zero-order chi connectivity index (χ0) is 17.7. The van der Waals surface area contributed by atoms with E-state index in [0.29, 0.717) is 25.0 Å². The fourth-order valence-electron chi connectivity index (χ4n) is 2.51. The Morgan fingerprint density at radius 2 is 1.68 bits per heavy atom. The number of nitrogens with one attached hydrogen (secondary N) is 4. The monoisotopic (exact) mass is 342 g/mol. The number of nitrogens with zero attached hydrogens (tertiary/aromatic N) is 4. The minimum Gasteiger partial charge on any atom is -0.354 e. The van der Waals surface area contributed by atoms with Crippen molar-refractivity contribution in [3.05, 3.63) is 30.1 Å². The number of carbonyl (C=O) groups is 1. The van der Waals surface area contributed by atoms with Crippen molar-refractivity contribution in [3.63, 3.8) is 0 Å². The molecular weight excluding hydrogens is 320 g/mol. The SMILES string of the molecule is CCNc1nc(NCC)nc(NNC(=O)C2(c3ccccn3)CC2)n1. The van der Waals surface area contributed by atoms with Crippen molar-refractivity contribution in [2.24, 2.45) is 0 Å². The Balaban J connectivity index is 1.70. The molecular formula is C16H22N8O. The Morgan fingerprint density at radius 1 is 1.04 bits per heavy atom. The van der Waals surface area contributed by atoms with Crippen LogP contribution in [0.15, 0.2) is 24.4 Å². The minimum absolute atomic E-state index is 0.137. The van der Waals surface area contributed by atoms with E-state index < -0.39 is 5.41 Å². The molecule has 3 rings (SSSR count).